The van der Waals surface area contributed by atoms with Crippen molar-refractivity contribution in [2.45, 2.75) is 18.2 Å². The van der Waals surface area contributed by atoms with Gasteiger partial charge < -0.3 is 15.0 Å². The van der Waals surface area contributed by atoms with Crippen molar-refractivity contribution in [1.29, 1.82) is 0 Å². The number of amidine groups is 1. The lowest BCUT2D eigenvalue weighted by Gasteiger charge is -2.27. The number of halogens is 1. The maximum absolute atomic E-state index is 12.1. The molecule has 0 radical (unpaired) electrons. The first-order chi connectivity index (χ1) is 11.6. The van der Waals surface area contributed by atoms with Crippen molar-refractivity contribution in [2.75, 3.05) is 26.3 Å². The van der Waals surface area contributed by atoms with Crippen LogP contribution < -0.4 is 5.32 Å². The highest BCUT2D eigenvalue weighted by atomic mass is 35.5. The molecule has 8 heteroatoms. The van der Waals surface area contributed by atoms with Gasteiger partial charge in [0.1, 0.15) is 5.25 Å². The Kier molecular flexibility index (Phi) is 5.76. The zero-order valence-electron chi connectivity index (χ0n) is 13.0. The average molecular weight is 368 g/mol. The number of nitrogens with zero attached hydrogens (tertiary/aromatic N) is 2. The van der Waals surface area contributed by atoms with E-state index >= 15 is 0 Å². The molecule has 2 amide bonds. The molecule has 6 nitrogen and oxygen atoms in total. The van der Waals surface area contributed by atoms with E-state index in [1.165, 1.54) is 11.8 Å². The summed E-state index contributed by atoms with van der Waals surface area (Å²) in [6.45, 7) is 3.15. The molecule has 1 aromatic rings. The first-order valence-corrected chi connectivity index (χ1v) is 9.00. The molecule has 1 N–H and O–H groups in total. The quantitative estimate of drug-likeness (QED) is 0.876. The molecule has 128 valence electrons. The van der Waals surface area contributed by atoms with Crippen molar-refractivity contribution in [2.24, 2.45) is 4.99 Å². The summed E-state index contributed by atoms with van der Waals surface area (Å²) in [6, 6.07) is 7.28. The van der Waals surface area contributed by atoms with Gasteiger partial charge in [-0.2, -0.15) is 4.99 Å². The van der Waals surface area contributed by atoms with E-state index in [1.807, 2.05) is 17.0 Å². The topological polar surface area (TPSA) is 71.0 Å². The Bertz CT molecular complexity index is 644. The third-order valence-corrected chi connectivity index (χ3v) is 5.25. The van der Waals surface area contributed by atoms with Crippen molar-refractivity contribution in [3.05, 3.63) is 34.9 Å². The molecule has 0 aliphatic carbocycles. The van der Waals surface area contributed by atoms with Crippen LogP contribution >= 0.6 is 23.4 Å². The van der Waals surface area contributed by atoms with Crippen LogP contribution in [0.2, 0.25) is 5.02 Å². The number of ether oxygens (including phenoxy) is 1. The molecule has 0 saturated carbocycles. The minimum absolute atomic E-state index is 0.133. The Morgan fingerprint density at radius 2 is 2.04 bits per heavy atom. The second-order valence-electron chi connectivity index (χ2n) is 5.55. The van der Waals surface area contributed by atoms with Crippen LogP contribution in [-0.4, -0.2) is 53.4 Å². The van der Waals surface area contributed by atoms with E-state index in [0.717, 1.165) is 18.7 Å². The zero-order valence-corrected chi connectivity index (χ0v) is 14.6. The van der Waals surface area contributed by atoms with Crippen LogP contribution in [0.15, 0.2) is 29.3 Å². The highest BCUT2D eigenvalue weighted by molar-refractivity contribution is 8.15. The van der Waals surface area contributed by atoms with Crippen LogP contribution in [0.5, 0.6) is 0 Å². The van der Waals surface area contributed by atoms with Gasteiger partial charge in [0.25, 0.3) is 5.91 Å². The summed E-state index contributed by atoms with van der Waals surface area (Å²) in [5.41, 5.74) is 0.961. The molecule has 1 fully saturated rings. The average Bonchev–Trinajstić information content (AvgIpc) is 2.96. The number of hydrogen-bond donors (Lipinski definition) is 1. The number of benzene rings is 1. The second-order valence-corrected chi connectivity index (χ2v) is 7.15. The molecular formula is C16H18ClN3O3S. The van der Waals surface area contributed by atoms with E-state index < -0.39 is 5.25 Å². The normalized spacial score (nSPS) is 20.9. The van der Waals surface area contributed by atoms with Crippen LogP contribution in [0.25, 0.3) is 0 Å². The monoisotopic (exact) mass is 367 g/mol. The maximum Gasteiger partial charge on any atom is 0.262 e. The van der Waals surface area contributed by atoms with Gasteiger partial charge in [0.2, 0.25) is 5.91 Å². The Morgan fingerprint density at radius 3 is 2.75 bits per heavy atom. The van der Waals surface area contributed by atoms with Gasteiger partial charge in [0, 0.05) is 31.1 Å². The molecule has 1 saturated heterocycles. The second kappa shape index (κ2) is 8.00. The molecule has 3 rings (SSSR count). The minimum Gasteiger partial charge on any atom is -0.378 e. The summed E-state index contributed by atoms with van der Waals surface area (Å²) >= 11 is 7.20. The fourth-order valence-electron chi connectivity index (χ4n) is 2.44. The van der Waals surface area contributed by atoms with E-state index in [0.29, 0.717) is 29.9 Å². The number of aliphatic imine (C=N–C) groups is 1. The minimum atomic E-state index is -0.437. The lowest BCUT2D eigenvalue weighted by atomic mass is 10.2. The van der Waals surface area contributed by atoms with E-state index in [4.69, 9.17) is 16.3 Å². The maximum atomic E-state index is 12.1. The van der Waals surface area contributed by atoms with Crippen molar-refractivity contribution in [1.82, 2.24) is 10.2 Å². The lowest BCUT2D eigenvalue weighted by Crippen LogP contribution is -2.39. The van der Waals surface area contributed by atoms with Gasteiger partial charge in [-0.25, -0.2) is 0 Å². The van der Waals surface area contributed by atoms with E-state index in [1.54, 1.807) is 12.1 Å². The van der Waals surface area contributed by atoms with Crippen LogP contribution in [0.3, 0.4) is 0 Å². The van der Waals surface area contributed by atoms with Gasteiger partial charge in [0.05, 0.1) is 13.2 Å². The Balaban J connectivity index is 1.46. The summed E-state index contributed by atoms with van der Waals surface area (Å²) in [5.74, 6) is -0.391. The van der Waals surface area contributed by atoms with Gasteiger partial charge in [0.15, 0.2) is 5.17 Å². The van der Waals surface area contributed by atoms with E-state index in [-0.39, 0.29) is 18.2 Å². The molecule has 1 atom stereocenters. The largest absolute Gasteiger partial charge is 0.378 e. The Labute approximate surface area is 149 Å². The number of amides is 2. The van der Waals surface area contributed by atoms with Gasteiger partial charge in [-0.15, -0.1) is 0 Å². The Morgan fingerprint density at radius 1 is 1.33 bits per heavy atom. The molecule has 2 aliphatic rings. The van der Waals surface area contributed by atoms with Gasteiger partial charge >= 0.3 is 0 Å². The number of morpholine rings is 1. The molecule has 0 aromatic heterocycles. The Hall–Kier alpha value is -1.57. The number of hydrogen-bond acceptors (Lipinski definition) is 5. The summed E-state index contributed by atoms with van der Waals surface area (Å²) < 4.78 is 5.30. The number of nitrogens with one attached hydrogen (secondary N) is 1. The van der Waals surface area contributed by atoms with Crippen molar-refractivity contribution in [3.63, 3.8) is 0 Å². The van der Waals surface area contributed by atoms with Crippen molar-refractivity contribution < 1.29 is 14.3 Å². The van der Waals surface area contributed by atoms with Crippen LogP contribution in [-0.2, 0) is 20.9 Å². The highest BCUT2D eigenvalue weighted by Gasteiger charge is 2.33. The first kappa shape index (κ1) is 17.3. The number of thioether (sulfide) groups is 1. The predicted octanol–water partition coefficient (Wildman–Crippen LogP) is 1.68. The van der Waals surface area contributed by atoms with E-state index in [9.17, 15) is 9.59 Å². The zero-order chi connectivity index (χ0) is 16.9. The molecule has 1 aromatic carbocycles. The number of rotatable bonds is 4. The molecule has 0 unspecified atom stereocenters. The summed E-state index contributed by atoms with van der Waals surface area (Å²) in [4.78, 5) is 30.2. The van der Waals surface area contributed by atoms with Crippen molar-refractivity contribution in [3.8, 4) is 0 Å². The van der Waals surface area contributed by atoms with Crippen molar-refractivity contribution >= 4 is 40.3 Å². The van der Waals surface area contributed by atoms with Gasteiger partial charge in [-0.1, -0.05) is 35.5 Å². The molecule has 0 spiro atoms. The summed E-state index contributed by atoms with van der Waals surface area (Å²) in [7, 11) is 0. The molecule has 2 heterocycles. The first-order valence-electron chi connectivity index (χ1n) is 7.75. The lowest BCUT2D eigenvalue weighted by molar-refractivity contribution is -0.124. The predicted molar refractivity (Wildman–Crippen MR) is 94.1 cm³/mol. The SMILES string of the molecule is O=C(C[C@H]1SC(N2CCOCC2)=NC1=O)NCc1ccc(Cl)cc1. The highest BCUT2D eigenvalue weighted by Crippen LogP contribution is 2.27. The molecular weight excluding hydrogens is 350 g/mol. The number of carbonyl (C=O) groups is 2. The third-order valence-electron chi connectivity index (χ3n) is 3.78. The summed E-state index contributed by atoms with van der Waals surface area (Å²) in [6.07, 6.45) is 0.133. The smallest absolute Gasteiger partial charge is 0.262 e. The fraction of sp³-hybridized carbons (Fsp3) is 0.438. The third kappa shape index (κ3) is 4.49. The summed E-state index contributed by atoms with van der Waals surface area (Å²) in [5, 5.41) is 3.76. The van der Waals surface area contributed by atoms with Crippen LogP contribution in [0, 0.1) is 0 Å². The fourth-order valence-corrected chi connectivity index (χ4v) is 3.69. The van der Waals surface area contributed by atoms with Gasteiger partial charge in [-0.05, 0) is 17.7 Å². The molecule has 0 bridgehead atoms. The van der Waals surface area contributed by atoms with Crippen LogP contribution in [0.1, 0.15) is 12.0 Å². The number of carbonyl (C=O) groups excluding carboxylic acids is 2. The molecule has 24 heavy (non-hydrogen) atoms. The standard InChI is InChI=1S/C16H18ClN3O3S/c17-12-3-1-11(2-4-12)10-18-14(21)9-13-15(22)19-16(24-13)20-5-7-23-8-6-20/h1-4,13H,5-10H2,(H,18,21)/t13-/m1/s1. The van der Waals surface area contributed by atoms with Crippen LogP contribution in [0.4, 0.5) is 0 Å². The van der Waals surface area contributed by atoms with E-state index in [2.05, 4.69) is 10.3 Å². The van der Waals surface area contributed by atoms with Gasteiger partial charge in [-0.3, -0.25) is 9.59 Å². The molecule has 2 aliphatic heterocycles.